The predicted octanol–water partition coefficient (Wildman–Crippen LogP) is 3.72. The number of hydrogen-bond acceptors (Lipinski definition) is 5. The zero-order valence-corrected chi connectivity index (χ0v) is 12.3. The molecule has 0 fully saturated rings. The summed E-state index contributed by atoms with van der Waals surface area (Å²) in [7, 11) is 0. The molecule has 0 saturated heterocycles. The molecule has 21 heavy (non-hydrogen) atoms. The molecule has 104 valence electrons. The second-order valence-electron chi connectivity index (χ2n) is 4.16. The molecular formula is C15H9BrN2O3. The van der Waals surface area contributed by atoms with Crippen molar-refractivity contribution in [1.29, 1.82) is 0 Å². The van der Waals surface area contributed by atoms with Crippen LogP contribution in [0.3, 0.4) is 0 Å². The maximum atomic E-state index is 12.0. The molecule has 0 aliphatic carbocycles. The number of ether oxygens (including phenoxy) is 1. The van der Waals surface area contributed by atoms with Crippen LogP contribution in [0.1, 0.15) is 10.4 Å². The Labute approximate surface area is 128 Å². The molecule has 5 nitrogen and oxygen atoms in total. The van der Waals surface area contributed by atoms with Gasteiger partial charge in [0.15, 0.2) is 0 Å². The number of rotatable bonds is 3. The Morgan fingerprint density at radius 3 is 2.38 bits per heavy atom. The van der Waals surface area contributed by atoms with E-state index in [1.807, 2.05) is 0 Å². The van der Waals surface area contributed by atoms with Crippen LogP contribution < -0.4 is 4.74 Å². The van der Waals surface area contributed by atoms with Gasteiger partial charge in [-0.25, -0.2) is 4.79 Å². The maximum absolute atomic E-state index is 12.0. The molecule has 0 atom stereocenters. The van der Waals surface area contributed by atoms with Crippen molar-refractivity contribution in [1.82, 2.24) is 10.2 Å². The minimum Gasteiger partial charge on any atom is -0.423 e. The van der Waals surface area contributed by atoms with Gasteiger partial charge in [-0.2, -0.15) is 0 Å². The first kappa shape index (κ1) is 13.5. The van der Waals surface area contributed by atoms with Crippen LogP contribution in [0, 0.1) is 0 Å². The molecule has 2 aromatic carbocycles. The van der Waals surface area contributed by atoms with Crippen LogP contribution in [0.2, 0.25) is 0 Å². The third-order valence-electron chi connectivity index (χ3n) is 2.75. The van der Waals surface area contributed by atoms with Crippen LogP contribution in [-0.4, -0.2) is 16.2 Å². The minimum atomic E-state index is -0.409. The van der Waals surface area contributed by atoms with Crippen molar-refractivity contribution in [3.8, 4) is 17.2 Å². The molecule has 0 unspecified atom stereocenters. The summed E-state index contributed by atoms with van der Waals surface area (Å²) in [6.45, 7) is 0. The smallest absolute Gasteiger partial charge is 0.343 e. The highest BCUT2D eigenvalue weighted by atomic mass is 79.9. The highest BCUT2D eigenvalue weighted by Crippen LogP contribution is 2.21. The van der Waals surface area contributed by atoms with Crippen LogP contribution in [0.25, 0.3) is 11.5 Å². The Morgan fingerprint density at radius 2 is 1.76 bits per heavy atom. The van der Waals surface area contributed by atoms with Crippen molar-refractivity contribution in [3.05, 3.63) is 65.0 Å². The molecule has 3 aromatic rings. The van der Waals surface area contributed by atoms with E-state index < -0.39 is 5.97 Å². The molecule has 0 bridgehead atoms. The van der Waals surface area contributed by atoms with E-state index in [-0.39, 0.29) is 0 Å². The lowest BCUT2D eigenvalue weighted by Gasteiger charge is -2.04. The summed E-state index contributed by atoms with van der Waals surface area (Å²) < 4.78 is 11.3. The lowest BCUT2D eigenvalue weighted by Crippen LogP contribution is -2.08. The van der Waals surface area contributed by atoms with Crippen molar-refractivity contribution in [2.75, 3.05) is 0 Å². The summed E-state index contributed by atoms with van der Waals surface area (Å²) in [5.41, 5.74) is 1.25. The van der Waals surface area contributed by atoms with Crippen LogP contribution >= 0.6 is 15.9 Å². The van der Waals surface area contributed by atoms with Gasteiger partial charge in [0.05, 0.1) is 5.56 Å². The molecule has 0 N–H and O–H groups in total. The van der Waals surface area contributed by atoms with E-state index >= 15 is 0 Å². The Balaban J connectivity index is 1.73. The van der Waals surface area contributed by atoms with E-state index in [2.05, 4.69) is 26.1 Å². The van der Waals surface area contributed by atoms with E-state index in [1.54, 1.807) is 48.5 Å². The van der Waals surface area contributed by atoms with Crippen LogP contribution in [0.15, 0.2) is 63.8 Å². The van der Waals surface area contributed by atoms with Gasteiger partial charge in [0, 0.05) is 10.0 Å². The standard InChI is InChI=1S/C15H9BrN2O3/c16-12-5-1-11(2-6-12)15(19)21-13-7-3-10(4-8-13)14-18-17-9-20-14/h1-9H. The van der Waals surface area contributed by atoms with Gasteiger partial charge in [-0.3, -0.25) is 0 Å². The van der Waals surface area contributed by atoms with E-state index in [0.29, 0.717) is 17.2 Å². The zero-order valence-electron chi connectivity index (χ0n) is 10.7. The van der Waals surface area contributed by atoms with Gasteiger partial charge in [0.1, 0.15) is 5.75 Å². The van der Waals surface area contributed by atoms with Crippen molar-refractivity contribution < 1.29 is 13.9 Å². The number of benzene rings is 2. The first-order valence-corrected chi connectivity index (χ1v) is 6.86. The lowest BCUT2D eigenvalue weighted by atomic mass is 10.2. The number of carbonyl (C=O) groups excluding carboxylic acids is 1. The fraction of sp³-hybridized carbons (Fsp3) is 0. The molecule has 0 amide bonds. The summed E-state index contributed by atoms with van der Waals surface area (Å²) in [5, 5.41) is 7.41. The van der Waals surface area contributed by atoms with Crippen molar-refractivity contribution in [2.24, 2.45) is 0 Å². The summed E-state index contributed by atoms with van der Waals surface area (Å²) in [5.74, 6) is 0.458. The van der Waals surface area contributed by atoms with Crippen molar-refractivity contribution in [2.45, 2.75) is 0 Å². The Hall–Kier alpha value is -2.47. The predicted molar refractivity (Wildman–Crippen MR) is 78.8 cm³/mol. The molecule has 0 saturated carbocycles. The third-order valence-corrected chi connectivity index (χ3v) is 3.28. The molecule has 0 aliphatic heterocycles. The average Bonchev–Trinajstić information content (AvgIpc) is 3.03. The van der Waals surface area contributed by atoms with Gasteiger partial charge in [-0.1, -0.05) is 15.9 Å². The van der Waals surface area contributed by atoms with Gasteiger partial charge < -0.3 is 9.15 Å². The van der Waals surface area contributed by atoms with Gasteiger partial charge in [-0.05, 0) is 48.5 Å². The van der Waals surface area contributed by atoms with Gasteiger partial charge in [0.2, 0.25) is 12.3 Å². The minimum absolute atomic E-state index is 0.409. The number of carbonyl (C=O) groups is 1. The van der Waals surface area contributed by atoms with Gasteiger partial charge in [0.25, 0.3) is 0 Å². The Morgan fingerprint density at radius 1 is 1.05 bits per heavy atom. The van der Waals surface area contributed by atoms with E-state index in [1.165, 1.54) is 6.39 Å². The molecule has 1 heterocycles. The zero-order chi connectivity index (χ0) is 14.7. The van der Waals surface area contributed by atoms with E-state index in [0.717, 1.165) is 10.0 Å². The highest BCUT2D eigenvalue weighted by Gasteiger charge is 2.09. The number of esters is 1. The summed E-state index contributed by atoms with van der Waals surface area (Å²) >= 11 is 3.32. The SMILES string of the molecule is O=C(Oc1ccc(-c2nnco2)cc1)c1ccc(Br)cc1. The number of hydrogen-bond donors (Lipinski definition) is 0. The van der Waals surface area contributed by atoms with Gasteiger partial charge >= 0.3 is 5.97 Å². The first-order chi connectivity index (χ1) is 10.2. The summed E-state index contributed by atoms with van der Waals surface area (Å²) in [6, 6.07) is 13.8. The highest BCUT2D eigenvalue weighted by molar-refractivity contribution is 9.10. The molecule has 0 radical (unpaired) electrons. The van der Waals surface area contributed by atoms with Crippen molar-refractivity contribution in [3.63, 3.8) is 0 Å². The van der Waals surface area contributed by atoms with Crippen LogP contribution in [0.4, 0.5) is 0 Å². The van der Waals surface area contributed by atoms with Crippen LogP contribution in [-0.2, 0) is 0 Å². The number of halogens is 1. The van der Waals surface area contributed by atoms with Gasteiger partial charge in [-0.15, -0.1) is 10.2 Å². The average molecular weight is 345 g/mol. The molecule has 6 heteroatoms. The summed E-state index contributed by atoms with van der Waals surface area (Å²) in [4.78, 5) is 12.0. The second kappa shape index (κ2) is 5.88. The third kappa shape index (κ3) is 3.17. The molecule has 3 rings (SSSR count). The summed E-state index contributed by atoms with van der Waals surface area (Å²) in [6.07, 6.45) is 1.26. The second-order valence-corrected chi connectivity index (χ2v) is 5.08. The number of aromatic nitrogens is 2. The largest absolute Gasteiger partial charge is 0.423 e. The van der Waals surface area contributed by atoms with E-state index in [4.69, 9.17) is 9.15 Å². The molecular weight excluding hydrogens is 336 g/mol. The molecule has 1 aromatic heterocycles. The van der Waals surface area contributed by atoms with Crippen LogP contribution in [0.5, 0.6) is 5.75 Å². The lowest BCUT2D eigenvalue weighted by molar-refractivity contribution is 0.0735. The number of nitrogens with zero attached hydrogens (tertiary/aromatic N) is 2. The topological polar surface area (TPSA) is 65.2 Å². The normalized spacial score (nSPS) is 10.3. The fourth-order valence-corrected chi connectivity index (χ4v) is 1.98. The molecule has 0 spiro atoms. The van der Waals surface area contributed by atoms with Crippen molar-refractivity contribution >= 4 is 21.9 Å². The van der Waals surface area contributed by atoms with E-state index in [9.17, 15) is 4.79 Å². The fourth-order valence-electron chi connectivity index (χ4n) is 1.72. The monoisotopic (exact) mass is 344 g/mol. The Kier molecular flexibility index (Phi) is 3.79. The Bertz CT molecular complexity index is 738. The maximum Gasteiger partial charge on any atom is 0.343 e. The first-order valence-electron chi connectivity index (χ1n) is 6.07. The molecule has 0 aliphatic rings. The quantitative estimate of drug-likeness (QED) is 0.535.